The molecule has 0 bridgehead atoms. The molecule has 0 radical (unpaired) electrons. The van der Waals surface area contributed by atoms with E-state index in [0.717, 1.165) is 17.2 Å². The molecule has 3 nitrogen and oxygen atoms in total. The molecule has 3 aromatic carbocycles. The van der Waals surface area contributed by atoms with Gasteiger partial charge in [-0.2, -0.15) is 22.2 Å². The van der Waals surface area contributed by atoms with Gasteiger partial charge in [-0.1, -0.05) is 68.5 Å². The lowest BCUT2D eigenvalue weighted by atomic mass is 9.10. The number of hydrogen-bond acceptors (Lipinski definition) is 3. The lowest BCUT2D eigenvalue weighted by molar-refractivity contribution is 0.415. The SMILES string of the molecule is COc1ccc([B-](c2ccc(OC)cc2)(c2ccc(OC)cc2)C2CCCCC2)cc1. The van der Waals surface area contributed by atoms with Crippen LogP contribution in [-0.2, 0) is 0 Å². The largest absolute Gasteiger partial charge is 0.497 e. The second-order valence-electron chi connectivity index (χ2n) is 8.65. The first-order valence-corrected chi connectivity index (χ1v) is 11.3. The van der Waals surface area contributed by atoms with Crippen molar-refractivity contribution in [2.75, 3.05) is 21.3 Å². The maximum Gasteiger partial charge on any atom is 0.118 e. The Balaban J connectivity index is 1.97. The molecule has 0 unspecified atom stereocenters. The maximum absolute atomic E-state index is 5.47. The fourth-order valence-corrected chi connectivity index (χ4v) is 5.75. The van der Waals surface area contributed by atoms with Gasteiger partial charge in [0.15, 0.2) is 0 Å². The summed E-state index contributed by atoms with van der Waals surface area (Å²) >= 11 is 0. The minimum Gasteiger partial charge on any atom is -0.497 e. The van der Waals surface area contributed by atoms with Crippen LogP contribution in [0.4, 0.5) is 0 Å². The molecule has 1 aliphatic carbocycles. The quantitative estimate of drug-likeness (QED) is 0.532. The maximum atomic E-state index is 5.47. The fraction of sp³-hybridized carbons (Fsp3) is 0.333. The van der Waals surface area contributed by atoms with Gasteiger partial charge in [0.2, 0.25) is 0 Å². The standard InChI is InChI=1S/C27H32BO3/c1-29-25-15-9-22(10-16-25)28(21-7-5-4-6-8-21,23-11-17-26(30-2)18-12-23)24-13-19-27(31-3)20-14-24/h9-21H,4-8H2,1-3H3/q-1. The average Bonchev–Trinajstić information content (AvgIpc) is 2.86. The molecule has 1 fully saturated rings. The highest BCUT2D eigenvalue weighted by Crippen LogP contribution is 2.37. The zero-order valence-corrected chi connectivity index (χ0v) is 18.8. The van der Waals surface area contributed by atoms with Crippen molar-refractivity contribution in [1.29, 1.82) is 0 Å². The summed E-state index contributed by atoms with van der Waals surface area (Å²) in [5.74, 6) is 3.24. The number of hydrogen-bond donors (Lipinski definition) is 0. The normalized spacial score (nSPS) is 14.8. The summed E-state index contributed by atoms with van der Waals surface area (Å²) in [6, 6.07) is 26.2. The summed E-state index contributed by atoms with van der Waals surface area (Å²) in [4.78, 5) is 0. The highest BCUT2D eigenvalue weighted by atomic mass is 16.5. The summed E-state index contributed by atoms with van der Waals surface area (Å²) in [7, 11) is 5.17. The van der Waals surface area contributed by atoms with Crippen molar-refractivity contribution in [3.63, 3.8) is 0 Å². The van der Waals surface area contributed by atoms with E-state index in [1.54, 1.807) is 21.3 Å². The first-order chi connectivity index (χ1) is 15.2. The average molecular weight is 415 g/mol. The molecule has 3 aromatic rings. The van der Waals surface area contributed by atoms with Crippen molar-refractivity contribution in [1.82, 2.24) is 0 Å². The van der Waals surface area contributed by atoms with Crippen molar-refractivity contribution in [3.8, 4) is 17.2 Å². The molecule has 0 aromatic heterocycles. The molecule has 0 N–H and O–H groups in total. The van der Waals surface area contributed by atoms with Crippen molar-refractivity contribution in [3.05, 3.63) is 72.8 Å². The third-order valence-corrected chi connectivity index (χ3v) is 7.28. The van der Waals surface area contributed by atoms with Crippen LogP contribution < -0.4 is 30.6 Å². The molecule has 0 amide bonds. The lowest BCUT2D eigenvalue weighted by Crippen LogP contribution is -2.70. The van der Waals surface area contributed by atoms with E-state index in [2.05, 4.69) is 72.8 Å². The Morgan fingerprint density at radius 1 is 0.516 bits per heavy atom. The number of benzene rings is 3. The Morgan fingerprint density at radius 2 is 0.839 bits per heavy atom. The highest BCUT2D eigenvalue weighted by molar-refractivity contribution is 7.12. The molecule has 0 aliphatic heterocycles. The molecular weight excluding hydrogens is 383 g/mol. The van der Waals surface area contributed by atoms with Crippen LogP contribution in [0.2, 0.25) is 5.82 Å². The van der Waals surface area contributed by atoms with Gasteiger partial charge in [-0.15, -0.1) is 0 Å². The Bertz CT molecular complexity index is 843. The Kier molecular flexibility index (Phi) is 6.55. The van der Waals surface area contributed by atoms with Crippen LogP contribution in [0.3, 0.4) is 0 Å². The van der Waals surface area contributed by atoms with E-state index in [9.17, 15) is 0 Å². The van der Waals surface area contributed by atoms with Crippen LogP contribution in [0.15, 0.2) is 72.8 Å². The Labute approximate surface area is 186 Å². The van der Waals surface area contributed by atoms with E-state index in [0.29, 0.717) is 5.82 Å². The molecule has 31 heavy (non-hydrogen) atoms. The topological polar surface area (TPSA) is 27.7 Å². The third kappa shape index (κ3) is 4.04. The second-order valence-corrected chi connectivity index (χ2v) is 8.65. The van der Waals surface area contributed by atoms with Gasteiger partial charge in [0, 0.05) is 0 Å². The predicted molar refractivity (Wildman–Crippen MR) is 130 cm³/mol. The number of rotatable bonds is 7. The van der Waals surface area contributed by atoms with Crippen LogP contribution >= 0.6 is 0 Å². The van der Waals surface area contributed by atoms with Gasteiger partial charge in [0.1, 0.15) is 17.2 Å². The molecule has 0 saturated heterocycles. The van der Waals surface area contributed by atoms with Crippen LogP contribution in [0.1, 0.15) is 32.1 Å². The van der Waals surface area contributed by atoms with Crippen molar-refractivity contribution >= 4 is 22.5 Å². The zero-order chi connectivity index (χ0) is 21.7. The lowest BCUT2D eigenvalue weighted by Gasteiger charge is -2.51. The second kappa shape index (κ2) is 9.51. The molecule has 1 saturated carbocycles. The monoisotopic (exact) mass is 415 g/mol. The summed E-state index contributed by atoms with van der Waals surface area (Å²) < 4.78 is 16.4. The van der Waals surface area contributed by atoms with Gasteiger partial charge in [-0.3, -0.25) is 0 Å². The van der Waals surface area contributed by atoms with Gasteiger partial charge in [-0.05, 0) is 36.4 Å². The third-order valence-electron chi connectivity index (χ3n) is 7.28. The summed E-state index contributed by atoms with van der Waals surface area (Å²) in [5, 5.41) is 0. The highest BCUT2D eigenvalue weighted by Gasteiger charge is 2.37. The summed E-state index contributed by atoms with van der Waals surface area (Å²) in [6.07, 6.45) is 5.22. The zero-order valence-electron chi connectivity index (χ0n) is 18.8. The first-order valence-electron chi connectivity index (χ1n) is 11.3. The van der Waals surface area contributed by atoms with Crippen LogP contribution in [0.25, 0.3) is 0 Å². The van der Waals surface area contributed by atoms with E-state index < -0.39 is 6.15 Å². The van der Waals surface area contributed by atoms with Gasteiger partial charge in [-0.25, -0.2) is 0 Å². The summed E-state index contributed by atoms with van der Waals surface area (Å²) in [6.45, 7) is 0. The molecule has 1 aliphatic rings. The summed E-state index contributed by atoms with van der Waals surface area (Å²) in [5.41, 5.74) is 4.09. The smallest absolute Gasteiger partial charge is 0.118 e. The van der Waals surface area contributed by atoms with E-state index >= 15 is 0 Å². The van der Waals surface area contributed by atoms with Gasteiger partial charge >= 0.3 is 0 Å². The number of ether oxygens (including phenoxy) is 3. The first kappa shape index (κ1) is 21.4. The Morgan fingerprint density at radius 3 is 1.13 bits per heavy atom. The molecule has 0 atom stereocenters. The van der Waals surface area contributed by atoms with Gasteiger partial charge in [0.25, 0.3) is 0 Å². The molecule has 162 valence electrons. The van der Waals surface area contributed by atoms with E-state index in [4.69, 9.17) is 14.2 Å². The predicted octanol–water partition coefficient (Wildman–Crippen LogP) is 4.52. The Hall–Kier alpha value is -2.88. The molecular formula is C27H32BO3-. The molecule has 4 rings (SSSR count). The van der Waals surface area contributed by atoms with Crippen molar-refractivity contribution in [2.24, 2.45) is 0 Å². The fourth-order valence-electron chi connectivity index (χ4n) is 5.75. The van der Waals surface area contributed by atoms with E-state index in [1.165, 1.54) is 48.5 Å². The van der Waals surface area contributed by atoms with Gasteiger partial charge < -0.3 is 14.2 Å². The minimum atomic E-state index is -1.17. The van der Waals surface area contributed by atoms with E-state index in [1.807, 2.05) is 0 Å². The van der Waals surface area contributed by atoms with Crippen molar-refractivity contribution in [2.45, 2.75) is 37.9 Å². The number of methoxy groups -OCH3 is 3. The van der Waals surface area contributed by atoms with Crippen molar-refractivity contribution < 1.29 is 14.2 Å². The molecule has 4 heteroatoms. The molecule has 0 heterocycles. The molecule has 0 spiro atoms. The van der Waals surface area contributed by atoms with Crippen LogP contribution in [-0.4, -0.2) is 27.5 Å². The minimum absolute atomic E-state index is 0.573. The van der Waals surface area contributed by atoms with E-state index in [-0.39, 0.29) is 0 Å². The van der Waals surface area contributed by atoms with Gasteiger partial charge in [0.05, 0.1) is 27.5 Å². The van der Waals surface area contributed by atoms with Crippen LogP contribution in [0, 0.1) is 0 Å². The van der Waals surface area contributed by atoms with Crippen LogP contribution in [0.5, 0.6) is 17.2 Å².